The summed E-state index contributed by atoms with van der Waals surface area (Å²) in [7, 11) is 0. The molecule has 0 radical (unpaired) electrons. The zero-order valence-electron chi connectivity index (χ0n) is 12.0. The smallest absolute Gasteiger partial charge is 0.305 e. The molecule has 0 saturated heterocycles. The number of hydrazone groups is 1. The normalized spacial score (nSPS) is 11.4. The standard InChI is InChI=1S/C14H17N5O3/c1-9(20)17-18-14(15)16-12-3-2-10-7-19(5-4-13(21)22)8-11(10)6-12/h2-3,6-8H,4-5H2,1H3,(H,17,20)(H,21,22)(H3,15,16,18). The number of carboxylic acid groups (broad SMARTS) is 1. The Balaban J connectivity index is 2.11. The van der Waals surface area contributed by atoms with Crippen LogP contribution in [0, 0.1) is 0 Å². The number of aryl methyl sites for hydroxylation is 1. The second kappa shape index (κ2) is 6.61. The molecule has 8 heteroatoms. The van der Waals surface area contributed by atoms with Crippen molar-refractivity contribution in [3.63, 3.8) is 0 Å². The molecule has 1 heterocycles. The monoisotopic (exact) mass is 303 g/mol. The van der Waals surface area contributed by atoms with Gasteiger partial charge in [0.15, 0.2) is 0 Å². The number of hydrogen-bond acceptors (Lipinski definition) is 3. The van der Waals surface area contributed by atoms with Crippen LogP contribution in [0.25, 0.3) is 10.8 Å². The number of rotatable bonds is 5. The molecular weight excluding hydrogens is 286 g/mol. The second-order valence-corrected chi connectivity index (χ2v) is 4.77. The van der Waals surface area contributed by atoms with Crippen molar-refractivity contribution >= 4 is 34.3 Å². The van der Waals surface area contributed by atoms with E-state index >= 15 is 0 Å². The Morgan fingerprint density at radius 1 is 1.32 bits per heavy atom. The highest BCUT2D eigenvalue weighted by Gasteiger charge is 2.03. The van der Waals surface area contributed by atoms with Crippen molar-refractivity contribution in [3.8, 4) is 0 Å². The topological polar surface area (TPSA) is 122 Å². The maximum absolute atomic E-state index is 10.7. The lowest BCUT2D eigenvalue weighted by atomic mass is 10.2. The average molecular weight is 303 g/mol. The molecule has 0 saturated carbocycles. The van der Waals surface area contributed by atoms with Gasteiger partial charge in [-0.3, -0.25) is 9.59 Å². The van der Waals surface area contributed by atoms with Crippen LogP contribution in [-0.2, 0) is 16.1 Å². The third kappa shape index (κ3) is 4.23. The van der Waals surface area contributed by atoms with Crippen LogP contribution in [0.15, 0.2) is 35.7 Å². The van der Waals surface area contributed by atoms with E-state index in [-0.39, 0.29) is 18.3 Å². The van der Waals surface area contributed by atoms with Gasteiger partial charge >= 0.3 is 5.97 Å². The average Bonchev–Trinajstić information content (AvgIpc) is 2.85. The fourth-order valence-electron chi connectivity index (χ4n) is 1.95. The number of aliphatic carboxylic acids is 1. The summed E-state index contributed by atoms with van der Waals surface area (Å²) in [6.45, 7) is 1.75. The first-order chi connectivity index (χ1) is 10.4. The number of benzene rings is 1. The fraction of sp³-hybridized carbons (Fsp3) is 0.214. The van der Waals surface area contributed by atoms with Crippen LogP contribution in [0.3, 0.4) is 0 Å². The molecule has 1 aromatic carbocycles. The van der Waals surface area contributed by atoms with Crippen LogP contribution in [-0.4, -0.2) is 27.5 Å². The molecule has 2 aromatic rings. The highest BCUT2D eigenvalue weighted by Crippen LogP contribution is 2.20. The minimum Gasteiger partial charge on any atom is -0.481 e. The van der Waals surface area contributed by atoms with Gasteiger partial charge in [-0.2, -0.15) is 0 Å². The molecule has 1 aromatic heterocycles. The molecule has 116 valence electrons. The third-order valence-electron chi connectivity index (χ3n) is 2.89. The van der Waals surface area contributed by atoms with Gasteiger partial charge in [-0.15, -0.1) is 5.10 Å². The van der Waals surface area contributed by atoms with E-state index < -0.39 is 5.97 Å². The molecule has 0 aliphatic carbocycles. The number of hydrogen-bond donors (Lipinski definition) is 4. The van der Waals surface area contributed by atoms with Gasteiger partial charge in [0.25, 0.3) is 0 Å². The summed E-state index contributed by atoms with van der Waals surface area (Å²) in [5, 5.41) is 17.2. The van der Waals surface area contributed by atoms with E-state index in [1.54, 1.807) is 0 Å². The zero-order valence-corrected chi connectivity index (χ0v) is 12.0. The van der Waals surface area contributed by atoms with Crippen molar-refractivity contribution < 1.29 is 14.7 Å². The number of nitrogens with zero attached hydrogens (tertiary/aromatic N) is 2. The van der Waals surface area contributed by atoms with Gasteiger partial charge in [-0.25, -0.2) is 5.43 Å². The zero-order chi connectivity index (χ0) is 16.1. The lowest BCUT2D eigenvalue weighted by molar-refractivity contribution is -0.137. The van der Waals surface area contributed by atoms with Gasteiger partial charge in [0.2, 0.25) is 11.9 Å². The van der Waals surface area contributed by atoms with Crippen LogP contribution >= 0.6 is 0 Å². The summed E-state index contributed by atoms with van der Waals surface area (Å²) >= 11 is 0. The first-order valence-corrected chi connectivity index (χ1v) is 6.62. The highest BCUT2D eigenvalue weighted by molar-refractivity contribution is 5.95. The van der Waals surface area contributed by atoms with E-state index in [1.807, 2.05) is 35.2 Å². The number of carbonyl (C=O) groups is 2. The lowest BCUT2D eigenvalue weighted by Gasteiger charge is -2.05. The molecule has 0 bridgehead atoms. The molecule has 1 amide bonds. The molecule has 5 N–H and O–H groups in total. The number of anilines is 1. The predicted molar refractivity (Wildman–Crippen MR) is 83.3 cm³/mol. The molecule has 0 atom stereocenters. The largest absolute Gasteiger partial charge is 0.481 e. The summed E-state index contributed by atoms with van der Waals surface area (Å²) in [5.74, 6) is -1.07. The minimum atomic E-state index is -0.831. The Morgan fingerprint density at radius 2 is 2.05 bits per heavy atom. The van der Waals surface area contributed by atoms with Crippen molar-refractivity contribution in [1.82, 2.24) is 9.99 Å². The number of guanidine groups is 1. The molecule has 0 aliphatic rings. The van der Waals surface area contributed by atoms with Crippen LogP contribution in [0.4, 0.5) is 5.69 Å². The van der Waals surface area contributed by atoms with Crippen molar-refractivity contribution in [3.05, 3.63) is 30.6 Å². The lowest BCUT2D eigenvalue weighted by Crippen LogP contribution is -2.27. The Morgan fingerprint density at radius 3 is 2.73 bits per heavy atom. The van der Waals surface area contributed by atoms with E-state index in [1.165, 1.54) is 6.92 Å². The van der Waals surface area contributed by atoms with Crippen LogP contribution in [0.1, 0.15) is 13.3 Å². The van der Waals surface area contributed by atoms with Crippen LogP contribution in [0.5, 0.6) is 0 Å². The number of nitrogens with one attached hydrogen (secondary N) is 2. The highest BCUT2D eigenvalue weighted by atomic mass is 16.4. The minimum absolute atomic E-state index is 0.0693. The summed E-state index contributed by atoms with van der Waals surface area (Å²) in [4.78, 5) is 21.3. The van der Waals surface area contributed by atoms with Gasteiger partial charge in [0.05, 0.1) is 6.42 Å². The Labute approximate surface area is 126 Å². The van der Waals surface area contributed by atoms with Crippen molar-refractivity contribution in [2.24, 2.45) is 10.8 Å². The summed E-state index contributed by atoms with van der Waals surface area (Å²) in [5.41, 5.74) is 8.59. The van der Waals surface area contributed by atoms with Gasteiger partial charge in [0, 0.05) is 36.9 Å². The maximum atomic E-state index is 10.7. The molecule has 0 fully saturated rings. The predicted octanol–water partition coefficient (Wildman–Crippen LogP) is 0.894. The first kappa shape index (κ1) is 15.4. The SMILES string of the molecule is CC(=O)NN=C(N)Nc1ccc2cn(CCC(=O)O)cc2c1. The molecule has 22 heavy (non-hydrogen) atoms. The summed E-state index contributed by atoms with van der Waals surface area (Å²) < 4.78 is 1.83. The number of nitrogens with two attached hydrogens (primary N) is 1. The first-order valence-electron chi connectivity index (χ1n) is 6.62. The van der Waals surface area contributed by atoms with Gasteiger partial charge in [-0.05, 0) is 17.5 Å². The van der Waals surface area contributed by atoms with Gasteiger partial charge in [0.1, 0.15) is 0 Å². The van der Waals surface area contributed by atoms with Gasteiger partial charge < -0.3 is 20.7 Å². The summed E-state index contributed by atoms with van der Waals surface area (Å²) in [6.07, 6.45) is 3.82. The number of amides is 1. The van der Waals surface area contributed by atoms with Crippen molar-refractivity contribution in [2.45, 2.75) is 19.9 Å². The van der Waals surface area contributed by atoms with Crippen molar-refractivity contribution in [1.29, 1.82) is 0 Å². The van der Waals surface area contributed by atoms with E-state index in [4.69, 9.17) is 10.8 Å². The Hall–Kier alpha value is -3.03. The molecule has 0 aliphatic heterocycles. The number of fused-ring (bicyclic) bond motifs is 1. The Kier molecular flexibility index (Phi) is 4.62. The van der Waals surface area contributed by atoms with E-state index in [2.05, 4.69) is 15.8 Å². The van der Waals surface area contributed by atoms with E-state index in [0.717, 1.165) is 16.5 Å². The second-order valence-electron chi connectivity index (χ2n) is 4.77. The quantitative estimate of drug-likeness (QED) is 0.371. The van der Waals surface area contributed by atoms with Gasteiger partial charge in [-0.1, -0.05) is 6.07 Å². The molecular formula is C14H17N5O3. The number of carboxylic acids is 1. The van der Waals surface area contributed by atoms with E-state index in [9.17, 15) is 9.59 Å². The number of aromatic nitrogens is 1. The Bertz CT molecular complexity index is 735. The van der Waals surface area contributed by atoms with E-state index in [0.29, 0.717) is 6.54 Å². The molecule has 0 spiro atoms. The third-order valence-corrected chi connectivity index (χ3v) is 2.89. The number of carbonyl (C=O) groups excluding carboxylic acids is 1. The molecule has 8 nitrogen and oxygen atoms in total. The fourth-order valence-corrected chi connectivity index (χ4v) is 1.95. The summed E-state index contributed by atoms with van der Waals surface area (Å²) in [6, 6.07) is 5.57. The molecule has 0 unspecified atom stereocenters. The van der Waals surface area contributed by atoms with Crippen LogP contribution in [0.2, 0.25) is 0 Å². The van der Waals surface area contributed by atoms with Crippen molar-refractivity contribution in [2.75, 3.05) is 5.32 Å². The maximum Gasteiger partial charge on any atom is 0.305 e. The van der Waals surface area contributed by atoms with Crippen LogP contribution < -0.4 is 16.5 Å². The molecule has 2 rings (SSSR count).